The molecule has 0 amide bonds. The van der Waals surface area contributed by atoms with Crippen LogP contribution >= 0.6 is 0 Å². The predicted octanol–water partition coefficient (Wildman–Crippen LogP) is 6.73. The Morgan fingerprint density at radius 2 is 1.76 bits per heavy atom. The van der Waals surface area contributed by atoms with E-state index in [-0.39, 0.29) is 12.1 Å². The summed E-state index contributed by atoms with van der Waals surface area (Å²) in [5.74, 6) is 0.497. The highest BCUT2D eigenvalue weighted by atomic mass is 16.6. The van der Waals surface area contributed by atoms with Crippen molar-refractivity contribution in [1.29, 1.82) is 0 Å². The largest absolute Gasteiger partial charge is 0.490 e. The molecule has 3 rings (SSSR count). The first-order valence-electron chi connectivity index (χ1n) is 11.6. The number of allylic oxidation sites excluding steroid dienone is 2. The molecule has 2 atom stereocenters. The summed E-state index contributed by atoms with van der Waals surface area (Å²) in [5, 5.41) is 0. The lowest BCUT2D eigenvalue weighted by Crippen LogP contribution is -2.42. The van der Waals surface area contributed by atoms with E-state index in [9.17, 15) is 4.79 Å². The minimum atomic E-state index is -0.937. The number of esters is 1. The van der Waals surface area contributed by atoms with E-state index in [1.807, 2.05) is 31.2 Å². The summed E-state index contributed by atoms with van der Waals surface area (Å²) in [6, 6.07) is 19.0. The van der Waals surface area contributed by atoms with Gasteiger partial charge in [-0.2, -0.15) is 0 Å². The predicted molar refractivity (Wildman–Crippen MR) is 134 cm³/mol. The molecule has 2 aromatic carbocycles. The highest BCUT2D eigenvalue weighted by molar-refractivity contribution is 5.79. The molecular weight excluding hydrogens is 412 g/mol. The van der Waals surface area contributed by atoms with Crippen LogP contribution in [0.2, 0.25) is 0 Å². The van der Waals surface area contributed by atoms with Crippen molar-refractivity contribution in [3.63, 3.8) is 0 Å². The van der Waals surface area contributed by atoms with Gasteiger partial charge in [0.15, 0.2) is 5.60 Å². The van der Waals surface area contributed by atoms with Crippen LogP contribution < -0.4 is 0 Å². The Hall–Kier alpha value is -3.11. The molecule has 0 fully saturated rings. The minimum Gasteiger partial charge on any atom is -0.490 e. The fraction of sp³-hybridized carbons (Fsp3) is 0.345. The van der Waals surface area contributed by atoms with Crippen LogP contribution in [-0.2, 0) is 19.0 Å². The Labute approximate surface area is 197 Å². The molecule has 0 saturated heterocycles. The Morgan fingerprint density at radius 3 is 2.36 bits per heavy atom. The van der Waals surface area contributed by atoms with Crippen molar-refractivity contribution in [3.05, 3.63) is 90.2 Å². The molecule has 0 spiro atoms. The number of rotatable bonds is 10. The third-order valence-electron chi connectivity index (χ3n) is 5.91. The first-order chi connectivity index (χ1) is 15.9. The van der Waals surface area contributed by atoms with Crippen LogP contribution in [0.25, 0.3) is 16.7 Å². The van der Waals surface area contributed by atoms with Crippen LogP contribution in [0, 0.1) is 0 Å². The number of hydrogen-bond donors (Lipinski definition) is 0. The molecule has 2 aromatic rings. The molecule has 1 aliphatic rings. The average Bonchev–Trinajstić information content (AvgIpc) is 2.85. The van der Waals surface area contributed by atoms with Gasteiger partial charge in [-0.15, -0.1) is 0 Å². The summed E-state index contributed by atoms with van der Waals surface area (Å²) >= 11 is 0. The Balaban J connectivity index is 1.50. The van der Waals surface area contributed by atoms with Gasteiger partial charge in [0.05, 0.1) is 12.7 Å². The average molecular weight is 447 g/mol. The monoisotopic (exact) mass is 446 g/mol. The van der Waals surface area contributed by atoms with Gasteiger partial charge in [-0.3, -0.25) is 0 Å². The van der Waals surface area contributed by atoms with Gasteiger partial charge < -0.3 is 14.2 Å². The highest BCUT2D eigenvalue weighted by Crippen LogP contribution is 2.25. The van der Waals surface area contributed by atoms with E-state index in [2.05, 4.69) is 61.5 Å². The second-order valence-electron chi connectivity index (χ2n) is 8.30. The van der Waals surface area contributed by atoms with Crippen LogP contribution in [0.4, 0.5) is 0 Å². The molecule has 1 aliphatic carbocycles. The maximum atomic E-state index is 12.2. The van der Waals surface area contributed by atoms with Gasteiger partial charge in [0, 0.05) is 0 Å². The van der Waals surface area contributed by atoms with Crippen LogP contribution in [-0.4, -0.2) is 30.9 Å². The third kappa shape index (κ3) is 6.69. The van der Waals surface area contributed by atoms with Crippen molar-refractivity contribution in [2.24, 2.45) is 0 Å². The summed E-state index contributed by atoms with van der Waals surface area (Å²) in [6.45, 7) is 8.45. The normalized spacial score (nSPS) is 17.8. The number of carbonyl (C=O) groups is 1. The molecule has 0 radical (unpaired) electrons. The van der Waals surface area contributed by atoms with E-state index in [1.165, 1.54) is 22.3 Å². The smallest absolute Gasteiger partial charge is 0.338 e. The van der Waals surface area contributed by atoms with Gasteiger partial charge in [0.1, 0.15) is 12.4 Å². The SMILES string of the molecule is CCOC(=O)C(C)(CC)OC1C=CC(OC/C=C(\C)c2ccc(-c3ccccc3)cc2)=CC1. The van der Waals surface area contributed by atoms with E-state index in [0.717, 1.165) is 5.76 Å². The maximum Gasteiger partial charge on any atom is 0.338 e. The van der Waals surface area contributed by atoms with E-state index >= 15 is 0 Å². The zero-order chi connectivity index (χ0) is 23.7. The fourth-order valence-corrected chi connectivity index (χ4v) is 3.61. The lowest BCUT2D eigenvalue weighted by molar-refractivity contribution is -0.174. The lowest BCUT2D eigenvalue weighted by atomic mass is 10.0. The Morgan fingerprint density at radius 1 is 1.06 bits per heavy atom. The molecule has 0 heterocycles. The van der Waals surface area contributed by atoms with Crippen LogP contribution in [0.5, 0.6) is 0 Å². The van der Waals surface area contributed by atoms with Crippen molar-refractivity contribution < 1.29 is 19.0 Å². The van der Waals surface area contributed by atoms with Gasteiger partial charge >= 0.3 is 5.97 Å². The molecule has 0 saturated carbocycles. The third-order valence-corrected chi connectivity index (χ3v) is 5.91. The first-order valence-corrected chi connectivity index (χ1v) is 11.6. The van der Waals surface area contributed by atoms with Crippen LogP contribution in [0.3, 0.4) is 0 Å². The van der Waals surface area contributed by atoms with Gasteiger partial charge in [0.25, 0.3) is 0 Å². The van der Waals surface area contributed by atoms with Crippen LogP contribution in [0.15, 0.2) is 84.7 Å². The van der Waals surface area contributed by atoms with E-state index in [4.69, 9.17) is 14.2 Å². The number of ether oxygens (including phenoxy) is 3. The topological polar surface area (TPSA) is 44.8 Å². The minimum absolute atomic E-state index is 0.174. The summed E-state index contributed by atoms with van der Waals surface area (Å²) in [4.78, 5) is 12.2. The van der Waals surface area contributed by atoms with E-state index in [1.54, 1.807) is 13.8 Å². The highest BCUT2D eigenvalue weighted by Gasteiger charge is 2.36. The first kappa shape index (κ1) is 24.5. The van der Waals surface area contributed by atoms with Gasteiger partial charge in [0.2, 0.25) is 0 Å². The molecule has 4 nitrogen and oxygen atoms in total. The second kappa shape index (κ2) is 11.7. The summed E-state index contributed by atoms with van der Waals surface area (Å²) < 4.78 is 17.1. The molecule has 174 valence electrons. The zero-order valence-electron chi connectivity index (χ0n) is 20.0. The van der Waals surface area contributed by atoms with Crippen molar-refractivity contribution in [2.75, 3.05) is 13.2 Å². The summed E-state index contributed by atoms with van der Waals surface area (Å²) in [5.41, 5.74) is 3.84. The molecule has 2 unspecified atom stereocenters. The Kier molecular flexibility index (Phi) is 8.67. The molecule has 4 heteroatoms. The second-order valence-corrected chi connectivity index (χ2v) is 8.30. The lowest BCUT2D eigenvalue weighted by Gasteiger charge is -2.30. The Bertz CT molecular complexity index is 1000. The molecule has 0 bridgehead atoms. The van der Waals surface area contributed by atoms with Gasteiger partial charge in [-0.05, 0) is 74.1 Å². The quantitative estimate of drug-likeness (QED) is 0.379. The maximum absolute atomic E-state index is 12.2. The molecular formula is C29H34O4. The van der Waals surface area contributed by atoms with Crippen LogP contribution in [0.1, 0.15) is 46.1 Å². The molecule has 0 N–H and O–H groups in total. The standard InChI is InChI=1S/C29H34O4/c1-5-29(4,28(30)31-6-2)33-27-18-16-26(17-19-27)32-21-20-22(3)23-12-14-25(15-13-23)24-10-8-7-9-11-24/h7-18,20,27H,5-6,19,21H2,1-4H3/b22-20+. The number of carbonyl (C=O) groups excluding carboxylic acids is 1. The van der Waals surface area contributed by atoms with Gasteiger partial charge in [-0.1, -0.05) is 67.6 Å². The van der Waals surface area contributed by atoms with Crippen molar-refractivity contribution in [1.82, 2.24) is 0 Å². The molecule has 0 aliphatic heterocycles. The van der Waals surface area contributed by atoms with E-state index in [0.29, 0.717) is 26.1 Å². The number of hydrogen-bond acceptors (Lipinski definition) is 4. The van der Waals surface area contributed by atoms with Crippen molar-refractivity contribution >= 4 is 11.5 Å². The van der Waals surface area contributed by atoms with E-state index < -0.39 is 5.60 Å². The number of benzene rings is 2. The van der Waals surface area contributed by atoms with Crippen molar-refractivity contribution in [3.8, 4) is 11.1 Å². The zero-order valence-corrected chi connectivity index (χ0v) is 20.0. The summed E-state index contributed by atoms with van der Waals surface area (Å²) in [6.07, 6.45) is 8.98. The molecule has 33 heavy (non-hydrogen) atoms. The molecule has 0 aromatic heterocycles. The fourth-order valence-electron chi connectivity index (χ4n) is 3.61. The van der Waals surface area contributed by atoms with Crippen molar-refractivity contribution in [2.45, 2.75) is 52.2 Å². The van der Waals surface area contributed by atoms with Gasteiger partial charge in [-0.25, -0.2) is 4.79 Å². The summed E-state index contributed by atoms with van der Waals surface area (Å²) in [7, 11) is 0.